The number of benzene rings is 1. The first kappa shape index (κ1) is 18.8. The molecule has 25 heavy (non-hydrogen) atoms. The van der Waals surface area contributed by atoms with Crippen LogP contribution >= 0.6 is 11.6 Å². The van der Waals surface area contributed by atoms with Crippen LogP contribution in [-0.2, 0) is 9.59 Å². The molecule has 0 atom stereocenters. The van der Waals surface area contributed by atoms with Gasteiger partial charge in [0.15, 0.2) is 6.61 Å². The molecule has 2 amide bonds. The normalized spacial score (nSPS) is 10.5. The van der Waals surface area contributed by atoms with E-state index in [1.54, 1.807) is 13.0 Å². The summed E-state index contributed by atoms with van der Waals surface area (Å²) in [5.74, 6) is -0.516. The summed E-state index contributed by atoms with van der Waals surface area (Å²) in [6, 6.07) is 4.45. The van der Waals surface area contributed by atoms with E-state index in [-0.39, 0.29) is 29.8 Å². The van der Waals surface area contributed by atoms with Gasteiger partial charge in [0.25, 0.3) is 5.91 Å². The van der Waals surface area contributed by atoms with E-state index in [2.05, 4.69) is 10.6 Å². The van der Waals surface area contributed by atoms with E-state index in [1.807, 2.05) is 6.92 Å². The van der Waals surface area contributed by atoms with Crippen LogP contribution in [0.4, 0.5) is 0 Å². The molecule has 0 aliphatic heterocycles. The smallest absolute Gasteiger partial charge is 0.336 e. The molecule has 0 unspecified atom stereocenters. The maximum Gasteiger partial charge on any atom is 0.336 e. The summed E-state index contributed by atoms with van der Waals surface area (Å²) >= 11 is 6.14. The molecule has 2 aromatic rings. The molecule has 7 nitrogen and oxygen atoms in total. The average Bonchev–Trinajstić information content (AvgIpc) is 2.57. The van der Waals surface area contributed by atoms with Gasteiger partial charge in [-0.1, -0.05) is 18.5 Å². The van der Waals surface area contributed by atoms with Crippen molar-refractivity contribution in [1.29, 1.82) is 0 Å². The van der Waals surface area contributed by atoms with Crippen LogP contribution in [0.5, 0.6) is 5.75 Å². The second kappa shape index (κ2) is 8.53. The summed E-state index contributed by atoms with van der Waals surface area (Å²) in [5.41, 5.74) is 0.577. The first-order valence-corrected chi connectivity index (χ1v) is 8.18. The van der Waals surface area contributed by atoms with E-state index in [4.69, 9.17) is 20.8 Å². The quantitative estimate of drug-likeness (QED) is 0.728. The fourth-order valence-electron chi connectivity index (χ4n) is 2.13. The highest BCUT2D eigenvalue weighted by Gasteiger charge is 2.11. The SMILES string of the molecule is CCCNC(=O)CNC(=O)COc1cc2oc(=O)cc(C)c2cc1Cl. The van der Waals surface area contributed by atoms with Gasteiger partial charge < -0.3 is 19.8 Å². The molecule has 1 heterocycles. The van der Waals surface area contributed by atoms with E-state index in [9.17, 15) is 14.4 Å². The van der Waals surface area contributed by atoms with E-state index < -0.39 is 11.5 Å². The third kappa shape index (κ3) is 5.22. The van der Waals surface area contributed by atoms with E-state index >= 15 is 0 Å². The second-order valence-corrected chi connectivity index (χ2v) is 5.85. The van der Waals surface area contributed by atoms with Gasteiger partial charge in [-0.25, -0.2) is 4.79 Å². The number of hydrogen-bond acceptors (Lipinski definition) is 5. The highest BCUT2D eigenvalue weighted by molar-refractivity contribution is 6.32. The third-order valence-corrected chi connectivity index (χ3v) is 3.68. The maximum absolute atomic E-state index is 11.7. The molecule has 134 valence electrons. The van der Waals surface area contributed by atoms with Crippen LogP contribution in [0.1, 0.15) is 18.9 Å². The number of fused-ring (bicyclic) bond motifs is 1. The first-order valence-electron chi connectivity index (χ1n) is 7.81. The Bertz CT molecular complexity index is 847. The van der Waals surface area contributed by atoms with Crippen molar-refractivity contribution in [1.82, 2.24) is 10.6 Å². The standard InChI is InChI=1S/C17H19ClN2O5/c1-3-4-19-15(21)8-20-16(22)9-24-14-7-13-11(6-12(14)18)10(2)5-17(23)25-13/h5-7H,3-4,8-9H2,1-2H3,(H,19,21)(H,20,22). The van der Waals surface area contributed by atoms with Gasteiger partial charge in [-0.05, 0) is 25.0 Å². The van der Waals surface area contributed by atoms with Crippen molar-refractivity contribution >= 4 is 34.4 Å². The monoisotopic (exact) mass is 366 g/mol. The summed E-state index contributed by atoms with van der Waals surface area (Å²) < 4.78 is 10.5. The van der Waals surface area contributed by atoms with Crippen LogP contribution in [0.15, 0.2) is 27.4 Å². The second-order valence-electron chi connectivity index (χ2n) is 5.44. The number of ether oxygens (including phenoxy) is 1. The van der Waals surface area contributed by atoms with Crippen LogP contribution < -0.4 is 21.0 Å². The van der Waals surface area contributed by atoms with E-state index in [1.165, 1.54) is 12.1 Å². The van der Waals surface area contributed by atoms with Crippen molar-refractivity contribution in [2.75, 3.05) is 19.7 Å². The van der Waals surface area contributed by atoms with Gasteiger partial charge in [0.05, 0.1) is 11.6 Å². The highest BCUT2D eigenvalue weighted by atomic mass is 35.5. The average molecular weight is 367 g/mol. The fraction of sp³-hybridized carbons (Fsp3) is 0.353. The minimum absolute atomic E-state index is 0.123. The number of rotatable bonds is 7. The Kier molecular flexibility index (Phi) is 6.41. The van der Waals surface area contributed by atoms with Gasteiger partial charge in [0.2, 0.25) is 5.91 Å². The molecule has 8 heteroatoms. The van der Waals surface area contributed by atoms with Crippen LogP contribution in [0.3, 0.4) is 0 Å². The van der Waals surface area contributed by atoms with Gasteiger partial charge in [-0.3, -0.25) is 9.59 Å². The Hall–Kier alpha value is -2.54. The highest BCUT2D eigenvalue weighted by Crippen LogP contribution is 2.30. The van der Waals surface area contributed by atoms with Crippen LogP contribution in [0.2, 0.25) is 5.02 Å². The summed E-state index contributed by atoms with van der Waals surface area (Å²) in [6.07, 6.45) is 0.818. The summed E-state index contributed by atoms with van der Waals surface area (Å²) in [7, 11) is 0. The van der Waals surface area contributed by atoms with Crippen LogP contribution in [-0.4, -0.2) is 31.5 Å². The lowest BCUT2D eigenvalue weighted by molar-refractivity contribution is -0.127. The molecule has 0 fully saturated rings. The lowest BCUT2D eigenvalue weighted by Gasteiger charge is -2.10. The number of halogens is 1. The summed E-state index contributed by atoms with van der Waals surface area (Å²) in [6.45, 7) is 3.82. The summed E-state index contributed by atoms with van der Waals surface area (Å²) in [4.78, 5) is 34.6. The van der Waals surface area contributed by atoms with E-state index in [0.717, 1.165) is 12.0 Å². The maximum atomic E-state index is 11.7. The Labute approximate surface area is 149 Å². The fourth-order valence-corrected chi connectivity index (χ4v) is 2.35. The molecule has 0 aliphatic rings. The minimum atomic E-state index is -0.478. The zero-order chi connectivity index (χ0) is 18.4. The molecule has 0 aliphatic carbocycles. The lowest BCUT2D eigenvalue weighted by Crippen LogP contribution is -2.39. The molecule has 0 bridgehead atoms. The van der Waals surface area contributed by atoms with Gasteiger partial charge in [0.1, 0.15) is 11.3 Å². The largest absolute Gasteiger partial charge is 0.482 e. The van der Waals surface area contributed by atoms with Crippen LogP contribution in [0.25, 0.3) is 11.0 Å². The molecule has 0 saturated carbocycles. The number of nitrogens with one attached hydrogen (secondary N) is 2. The Balaban J connectivity index is 1.98. The Morgan fingerprint density at radius 1 is 1.20 bits per heavy atom. The Morgan fingerprint density at radius 3 is 2.68 bits per heavy atom. The lowest BCUT2D eigenvalue weighted by atomic mass is 10.1. The number of amides is 2. The predicted octanol–water partition coefficient (Wildman–Crippen LogP) is 1.78. The third-order valence-electron chi connectivity index (χ3n) is 3.38. The van der Waals surface area contributed by atoms with Gasteiger partial charge in [-0.2, -0.15) is 0 Å². The number of carbonyl (C=O) groups is 2. The van der Waals surface area contributed by atoms with Crippen molar-refractivity contribution in [2.45, 2.75) is 20.3 Å². The van der Waals surface area contributed by atoms with E-state index in [0.29, 0.717) is 17.5 Å². The zero-order valence-corrected chi connectivity index (χ0v) is 14.7. The van der Waals surface area contributed by atoms with Gasteiger partial charge in [-0.15, -0.1) is 0 Å². The van der Waals surface area contributed by atoms with Gasteiger partial charge >= 0.3 is 5.63 Å². The molecule has 0 spiro atoms. The van der Waals surface area contributed by atoms with Crippen molar-refractivity contribution in [2.24, 2.45) is 0 Å². The predicted molar refractivity (Wildman–Crippen MR) is 94.0 cm³/mol. The molecule has 2 N–H and O–H groups in total. The first-order chi connectivity index (χ1) is 11.9. The molecule has 1 aromatic carbocycles. The van der Waals surface area contributed by atoms with Gasteiger partial charge in [0, 0.05) is 24.1 Å². The van der Waals surface area contributed by atoms with Crippen molar-refractivity contribution in [3.63, 3.8) is 0 Å². The van der Waals surface area contributed by atoms with Crippen molar-refractivity contribution < 1.29 is 18.7 Å². The number of carbonyl (C=O) groups excluding carboxylic acids is 2. The summed E-state index contributed by atoms with van der Waals surface area (Å²) in [5, 5.41) is 6.07. The number of hydrogen-bond donors (Lipinski definition) is 2. The van der Waals surface area contributed by atoms with Crippen molar-refractivity contribution in [3.05, 3.63) is 39.2 Å². The Morgan fingerprint density at radius 2 is 1.96 bits per heavy atom. The molecule has 0 radical (unpaired) electrons. The number of aryl methyl sites for hydroxylation is 1. The molecule has 0 saturated heterocycles. The minimum Gasteiger partial charge on any atom is -0.482 e. The molecular formula is C17H19ClN2O5. The topological polar surface area (TPSA) is 97.6 Å². The molecule has 2 rings (SSSR count). The molecule has 1 aromatic heterocycles. The van der Waals surface area contributed by atoms with Crippen LogP contribution in [0, 0.1) is 6.92 Å². The van der Waals surface area contributed by atoms with Crippen molar-refractivity contribution in [3.8, 4) is 5.75 Å². The zero-order valence-electron chi connectivity index (χ0n) is 14.0. The molecular weight excluding hydrogens is 348 g/mol.